The summed E-state index contributed by atoms with van der Waals surface area (Å²) < 4.78 is 3.50. The van der Waals surface area contributed by atoms with E-state index in [9.17, 15) is 4.79 Å². The van der Waals surface area contributed by atoms with Gasteiger partial charge in [-0.1, -0.05) is 6.07 Å². The highest BCUT2D eigenvalue weighted by Gasteiger charge is 2.14. The Labute approximate surface area is 134 Å². The molecule has 0 amide bonds. The second-order valence-corrected chi connectivity index (χ2v) is 5.87. The van der Waals surface area contributed by atoms with Gasteiger partial charge < -0.3 is 5.32 Å². The molecule has 3 aromatic heterocycles. The largest absolute Gasteiger partial charge is 0.307 e. The van der Waals surface area contributed by atoms with Crippen molar-refractivity contribution in [2.24, 2.45) is 0 Å². The maximum atomic E-state index is 12.2. The number of pyridine rings is 1. The maximum absolute atomic E-state index is 12.2. The number of rotatable bonds is 5. The van der Waals surface area contributed by atoms with Crippen molar-refractivity contribution in [1.29, 1.82) is 0 Å². The third-order valence-electron chi connectivity index (χ3n) is 4.21. The van der Waals surface area contributed by atoms with Gasteiger partial charge in [-0.15, -0.1) is 0 Å². The van der Waals surface area contributed by atoms with Crippen LogP contribution in [0.2, 0.25) is 0 Å². The van der Waals surface area contributed by atoms with Crippen LogP contribution in [0.4, 0.5) is 0 Å². The summed E-state index contributed by atoms with van der Waals surface area (Å²) in [6.07, 6.45) is 5.47. The number of fused-ring (bicyclic) bond motifs is 1. The summed E-state index contributed by atoms with van der Waals surface area (Å²) in [6.45, 7) is 6.72. The van der Waals surface area contributed by atoms with Crippen molar-refractivity contribution >= 4 is 5.65 Å². The molecule has 0 aliphatic rings. The number of aromatic nitrogens is 4. The topological polar surface area (TPSA) is 64.2 Å². The van der Waals surface area contributed by atoms with E-state index in [4.69, 9.17) is 0 Å². The van der Waals surface area contributed by atoms with E-state index in [-0.39, 0.29) is 17.6 Å². The van der Waals surface area contributed by atoms with Gasteiger partial charge in [0.15, 0.2) is 0 Å². The van der Waals surface area contributed by atoms with Crippen molar-refractivity contribution < 1.29 is 0 Å². The predicted molar refractivity (Wildman–Crippen MR) is 89.4 cm³/mol. The summed E-state index contributed by atoms with van der Waals surface area (Å²) in [5.41, 5.74) is 2.40. The molecule has 0 saturated heterocycles. The Morgan fingerprint density at radius 3 is 2.83 bits per heavy atom. The van der Waals surface area contributed by atoms with E-state index in [0.717, 1.165) is 11.3 Å². The Morgan fingerprint density at radius 1 is 1.26 bits per heavy atom. The first-order chi connectivity index (χ1) is 11.1. The molecular weight excluding hydrogens is 290 g/mol. The van der Waals surface area contributed by atoms with Crippen LogP contribution in [0.25, 0.3) is 5.65 Å². The zero-order valence-corrected chi connectivity index (χ0v) is 13.6. The molecule has 0 aliphatic carbocycles. The molecule has 0 saturated carbocycles. The SMILES string of the molecule is Cc1cccn2c(=O)cc(CN[C@@H](C)[C@@H](C)n3cccn3)nc12. The fourth-order valence-electron chi connectivity index (χ4n) is 2.59. The Balaban J connectivity index is 1.77. The summed E-state index contributed by atoms with van der Waals surface area (Å²) in [5.74, 6) is 0. The summed E-state index contributed by atoms with van der Waals surface area (Å²) in [7, 11) is 0. The van der Waals surface area contributed by atoms with E-state index < -0.39 is 0 Å². The lowest BCUT2D eigenvalue weighted by Crippen LogP contribution is -2.34. The first-order valence-electron chi connectivity index (χ1n) is 7.76. The number of nitrogens with one attached hydrogen (secondary N) is 1. The zero-order valence-electron chi connectivity index (χ0n) is 13.6. The highest BCUT2D eigenvalue weighted by atomic mass is 16.1. The van der Waals surface area contributed by atoms with Gasteiger partial charge in [-0.2, -0.15) is 5.10 Å². The zero-order chi connectivity index (χ0) is 16.4. The fraction of sp³-hybridized carbons (Fsp3) is 0.353. The summed E-state index contributed by atoms with van der Waals surface area (Å²) in [4.78, 5) is 16.8. The Hall–Kier alpha value is -2.47. The van der Waals surface area contributed by atoms with Gasteiger partial charge in [0.1, 0.15) is 5.65 Å². The van der Waals surface area contributed by atoms with Crippen molar-refractivity contribution in [3.8, 4) is 0 Å². The standard InChI is InChI=1S/C17H21N5O/c1-12-6-4-8-21-16(23)10-15(20-17(12)21)11-18-13(2)14(3)22-9-5-7-19-22/h4-10,13-14,18H,11H2,1-3H3/t13-,14+/m0/s1. The number of hydrogen-bond acceptors (Lipinski definition) is 4. The van der Waals surface area contributed by atoms with Gasteiger partial charge in [-0.25, -0.2) is 4.98 Å². The quantitative estimate of drug-likeness (QED) is 0.782. The predicted octanol–water partition coefficient (Wildman–Crippen LogP) is 1.94. The molecule has 6 heteroatoms. The molecule has 0 spiro atoms. The van der Waals surface area contributed by atoms with Crippen molar-refractivity contribution in [3.05, 3.63) is 64.5 Å². The van der Waals surface area contributed by atoms with Crippen LogP contribution in [0.3, 0.4) is 0 Å². The fourth-order valence-corrected chi connectivity index (χ4v) is 2.59. The van der Waals surface area contributed by atoms with Crippen molar-refractivity contribution in [1.82, 2.24) is 24.5 Å². The van der Waals surface area contributed by atoms with Gasteiger partial charge in [0.25, 0.3) is 5.56 Å². The van der Waals surface area contributed by atoms with E-state index in [2.05, 4.69) is 29.2 Å². The third-order valence-corrected chi connectivity index (χ3v) is 4.21. The van der Waals surface area contributed by atoms with Crippen LogP contribution in [0.15, 0.2) is 47.7 Å². The van der Waals surface area contributed by atoms with Crippen molar-refractivity contribution in [2.75, 3.05) is 0 Å². The molecule has 6 nitrogen and oxygen atoms in total. The lowest BCUT2D eigenvalue weighted by atomic mass is 10.1. The van der Waals surface area contributed by atoms with Crippen molar-refractivity contribution in [2.45, 2.75) is 39.4 Å². The number of nitrogens with zero attached hydrogens (tertiary/aromatic N) is 4. The second kappa shape index (κ2) is 6.34. The molecular formula is C17H21N5O. The van der Waals surface area contributed by atoms with Gasteiger partial charge >= 0.3 is 0 Å². The van der Waals surface area contributed by atoms with Crippen LogP contribution in [0, 0.1) is 6.92 Å². The highest BCUT2D eigenvalue weighted by molar-refractivity contribution is 5.46. The monoisotopic (exact) mass is 311 g/mol. The van der Waals surface area contributed by atoms with Gasteiger partial charge in [0.05, 0.1) is 11.7 Å². The Kier molecular flexibility index (Phi) is 4.25. The maximum Gasteiger partial charge on any atom is 0.258 e. The molecule has 3 aromatic rings. The van der Waals surface area contributed by atoms with Gasteiger partial charge in [-0.3, -0.25) is 13.9 Å². The average molecular weight is 311 g/mol. The average Bonchev–Trinajstić information content (AvgIpc) is 3.07. The molecule has 2 atom stereocenters. The van der Waals surface area contributed by atoms with E-state index in [1.165, 1.54) is 0 Å². The summed E-state index contributed by atoms with van der Waals surface area (Å²) in [6, 6.07) is 7.74. The van der Waals surface area contributed by atoms with Crippen LogP contribution in [0.1, 0.15) is 31.1 Å². The smallest absolute Gasteiger partial charge is 0.258 e. The Bertz CT molecular complexity index is 853. The summed E-state index contributed by atoms with van der Waals surface area (Å²) >= 11 is 0. The van der Waals surface area contributed by atoms with Gasteiger partial charge in [0, 0.05) is 37.2 Å². The first kappa shape index (κ1) is 15.4. The molecule has 0 unspecified atom stereocenters. The minimum Gasteiger partial charge on any atom is -0.307 e. The first-order valence-corrected chi connectivity index (χ1v) is 7.76. The molecule has 0 bridgehead atoms. The molecule has 3 heterocycles. The molecule has 0 radical (unpaired) electrons. The molecule has 3 rings (SSSR count). The minimum absolute atomic E-state index is 0.0525. The van der Waals surface area contributed by atoms with Crippen LogP contribution >= 0.6 is 0 Å². The molecule has 0 aliphatic heterocycles. The molecule has 0 aromatic carbocycles. The van der Waals surface area contributed by atoms with Gasteiger partial charge in [-0.05, 0) is 38.5 Å². The molecule has 23 heavy (non-hydrogen) atoms. The van der Waals surface area contributed by atoms with Gasteiger partial charge in [0.2, 0.25) is 0 Å². The normalized spacial score (nSPS) is 14.0. The molecule has 1 N–H and O–H groups in total. The number of hydrogen-bond donors (Lipinski definition) is 1. The van der Waals surface area contributed by atoms with Crippen LogP contribution in [-0.4, -0.2) is 25.2 Å². The van der Waals surface area contributed by atoms with E-state index >= 15 is 0 Å². The summed E-state index contributed by atoms with van der Waals surface area (Å²) in [5, 5.41) is 7.69. The Morgan fingerprint density at radius 2 is 2.09 bits per heavy atom. The van der Waals surface area contributed by atoms with E-state index in [1.54, 1.807) is 22.9 Å². The van der Waals surface area contributed by atoms with Crippen LogP contribution < -0.4 is 10.9 Å². The van der Waals surface area contributed by atoms with E-state index in [1.807, 2.05) is 36.0 Å². The minimum atomic E-state index is -0.0525. The molecule has 120 valence electrons. The van der Waals surface area contributed by atoms with E-state index in [0.29, 0.717) is 12.2 Å². The second-order valence-electron chi connectivity index (χ2n) is 5.87. The van der Waals surface area contributed by atoms with Crippen LogP contribution in [-0.2, 0) is 6.54 Å². The highest BCUT2D eigenvalue weighted by Crippen LogP contribution is 2.10. The van der Waals surface area contributed by atoms with Crippen LogP contribution in [0.5, 0.6) is 0 Å². The number of aryl methyl sites for hydroxylation is 1. The van der Waals surface area contributed by atoms with Crippen molar-refractivity contribution in [3.63, 3.8) is 0 Å². The third kappa shape index (κ3) is 3.17. The lowest BCUT2D eigenvalue weighted by molar-refractivity contribution is 0.363. The lowest BCUT2D eigenvalue weighted by Gasteiger charge is -2.21. The molecule has 0 fully saturated rings.